The van der Waals surface area contributed by atoms with Crippen molar-refractivity contribution < 1.29 is 24.2 Å². The average Bonchev–Trinajstić information content (AvgIpc) is 3.11. The molecule has 1 N–H and O–H groups in total. The van der Waals surface area contributed by atoms with Crippen LogP contribution in [-0.2, 0) is 19.1 Å². The molecule has 0 saturated heterocycles. The SMILES string of the molecule is CC(=O)OC[C@@]1(O)C[C@@H]2CC[C@@H]3[C@](C)(COC(=O)CC(C)C)CCC[C@@]3(C)[C@]23CC[C@H]1C3. The number of fused-ring (bicyclic) bond motifs is 2. The summed E-state index contributed by atoms with van der Waals surface area (Å²) in [6.07, 6.45) is 10.3. The van der Waals surface area contributed by atoms with Gasteiger partial charge < -0.3 is 14.6 Å². The van der Waals surface area contributed by atoms with Crippen LogP contribution >= 0.6 is 0 Å². The Labute approximate surface area is 194 Å². The number of rotatable bonds is 6. The van der Waals surface area contributed by atoms with Crippen LogP contribution in [0.1, 0.15) is 98.8 Å². The van der Waals surface area contributed by atoms with E-state index in [-0.39, 0.29) is 40.7 Å². The maximum absolute atomic E-state index is 12.3. The Hall–Kier alpha value is -1.10. The molecule has 5 heteroatoms. The van der Waals surface area contributed by atoms with Crippen molar-refractivity contribution in [3.05, 3.63) is 0 Å². The molecule has 0 aliphatic heterocycles. The maximum atomic E-state index is 12.3. The Bertz CT molecular complexity index is 748. The highest BCUT2D eigenvalue weighted by molar-refractivity contribution is 5.69. The topological polar surface area (TPSA) is 72.8 Å². The molecule has 4 aliphatic rings. The van der Waals surface area contributed by atoms with Crippen molar-refractivity contribution in [1.82, 2.24) is 0 Å². The van der Waals surface area contributed by atoms with Gasteiger partial charge in [-0.2, -0.15) is 0 Å². The van der Waals surface area contributed by atoms with Crippen LogP contribution in [0.5, 0.6) is 0 Å². The molecule has 0 aromatic heterocycles. The van der Waals surface area contributed by atoms with E-state index in [1.54, 1.807) is 0 Å². The van der Waals surface area contributed by atoms with Gasteiger partial charge in [0.05, 0.1) is 6.61 Å². The van der Waals surface area contributed by atoms with Gasteiger partial charge in [-0.1, -0.05) is 34.1 Å². The van der Waals surface area contributed by atoms with Gasteiger partial charge in [0, 0.05) is 18.8 Å². The van der Waals surface area contributed by atoms with E-state index >= 15 is 0 Å². The molecule has 7 atom stereocenters. The molecule has 32 heavy (non-hydrogen) atoms. The quantitative estimate of drug-likeness (QED) is 0.560. The standard InChI is InChI=1S/C27H44O5/c1-18(2)13-23(29)32-16-24(4)10-6-11-25(5)22(24)8-7-20-15-27(30,17-31-19(3)28)21-9-12-26(20,25)14-21/h18,20-22,30H,6-17H2,1-5H3/t20-,21-,22+,24-,25+,26-,27-/m0/s1. The highest BCUT2D eigenvalue weighted by atomic mass is 16.5. The summed E-state index contributed by atoms with van der Waals surface area (Å²) in [5.41, 5.74) is -0.371. The summed E-state index contributed by atoms with van der Waals surface area (Å²) < 4.78 is 11.2. The zero-order chi connectivity index (χ0) is 23.4. The summed E-state index contributed by atoms with van der Waals surface area (Å²) in [6, 6.07) is 0. The minimum absolute atomic E-state index is 0.0307. The fourth-order valence-electron chi connectivity index (χ4n) is 8.88. The zero-order valence-electron chi connectivity index (χ0n) is 20.9. The normalized spacial score (nSPS) is 45.2. The zero-order valence-corrected chi connectivity index (χ0v) is 20.9. The van der Waals surface area contributed by atoms with Crippen molar-refractivity contribution in [2.24, 2.45) is 39.9 Å². The fraction of sp³-hybridized carbons (Fsp3) is 0.926. The lowest BCUT2D eigenvalue weighted by Crippen LogP contribution is -2.62. The van der Waals surface area contributed by atoms with Gasteiger partial charge in [-0.15, -0.1) is 0 Å². The molecule has 182 valence electrons. The van der Waals surface area contributed by atoms with Gasteiger partial charge in [-0.05, 0) is 85.9 Å². The number of hydrogen-bond donors (Lipinski definition) is 1. The van der Waals surface area contributed by atoms with Crippen LogP contribution in [0.4, 0.5) is 0 Å². The van der Waals surface area contributed by atoms with E-state index in [9.17, 15) is 14.7 Å². The minimum Gasteiger partial charge on any atom is -0.465 e. The van der Waals surface area contributed by atoms with Crippen LogP contribution < -0.4 is 0 Å². The van der Waals surface area contributed by atoms with Gasteiger partial charge in [0.25, 0.3) is 0 Å². The van der Waals surface area contributed by atoms with Crippen molar-refractivity contribution >= 4 is 11.9 Å². The third kappa shape index (κ3) is 3.80. The summed E-state index contributed by atoms with van der Waals surface area (Å²) >= 11 is 0. The van der Waals surface area contributed by atoms with Crippen molar-refractivity contribution in [2.45, 2.75) is 104 Å². The summed E-state index contributed by atoms with van der Waals surface area (Å²) in [5, 5.41) is 11.5. The number of esters is 2. The van der Waals surface area contributed by atoms with E-state index in [0.29, 0.717) is 30.8 Å². The van der Waals surface area contributed by atoms with Gasteiger partial charge in [-0.25, -0.2) is 0 Å². The lowest BCUT2D eigenvalue weighted by atomic mass is 9.38. The molecule has 0 radical (unpaired) electrons. The molecule has 4 rings (SSSR count). The summed E-state index contributed by atoms with van der Waals surface area (Å²) in [7, 11) is 0. The van der Waals surface area contributed by atoms with E-state index in [4.69, 9.17) is 9.47 Å². The molecule has 0 heterocycles. The van der Waals surface area contributed by atoms with Gasteiger partial charge in [0.2, 0.25) is 0 Å². The first-order chi connectivity index (χ1) is 14.9. The summed E-state index contributed by atoms with van der Waals surface area (Å²) in [6.45, 7) is 11.1. The van der Waals surface area contributed by atoms with Gasteiger partial charge in [-0.3, -0.25) is 9.59 Å². The lowest BCUT2D eigenvalue weighted by molar-refractivity contribution is -0.215. The molecule has 0 aromatic rings. The Morgan fingerprint density at radius 3 is 2.41 bits per heavy atom. The number of aliphatic hydroxyl groups is 1. The summed E-state index contributed by atoms with van der Waals surface area (Å²) in [4.78, 5) is 23.8. The fourth-order valence-corrected chi connectivity index (χ4v) is 8.88. The first-order valence-corrected chi connectivity index (χ1v) is 13.0. The van der Waals surface area contributed by atoms with Crippen molar-refractivity contribution in [2.75, 3.05) is 13.2 Å². The smallest absolute Gasteiger partial charge is 0.306 e. The molecule has 1 spiro atoms. The monoisotopic (exact) mass is 448 g/mol. The Morgan fingerprint density at radius 1 is 0.969 bits per heavy atom. The van der Waals surface area contributed by atoms with E-state index in [2.05, 4.69) is 27.7 Å². The van der Waals surface area contributed by atoms with E-state index < -0.39 is 5.60 Å². The molecule has 0 amide bonds. The minimum atomic E-state index is -0.871. The van der Waals surface area contributed by atoms with Crippen molar-refractivity contribution in [3.8, 4) is 0 Å². The first kappa shape index (κ1) is 24.0. The van der Waals surface area contributed by atoms with Crippen LogP contribution in [0.15, 0.2) is 0 Å². The Kier molecular flexibility index (Phi) is 6.22. The van der Waals surface area contributed by atoms with Crippen LogP contribution in [0, 0.1) is 39.9 Å². The molecule has 4 fully saturated rings. The van der Waals surface area contributed by atoms with Crippen molar-refractivity contribution in [1.29, 1.82) is 0 Å². The Morgan fingerprint density at radius 2 is 1.72 bits per heavy atom. The molecule has 0 aromatic carbocycles. The molecule has 4 aliphatic carbocycles. The van der Waals surface area contributed by atoms with Gasteiger partial charge >= 0.3 is 11.9 Å². The maximum Gasteiger partial charge on any atom is 0.306 e. The van der Waals surface area contributed by atoms with Gasteiger partial charge in [0.1, 0.15) is 12.2 Å². The lowest BCUT2D eigenvalue weighted by Gasteiger charge is -2.67. The highest BCUT2D eigenvalue weighted by Gasteiger charge is 2.69. The third-order valence-corrected chi connectivity index (χ3v) is 10.3. The van der Waals surface area contributed by atoms with Gasteiger partial charge in [0.15, 0.2) is 0 Å². The first-order valence-electron chi connectivity index (χ1n) is 13.0. The second-order valence-corrected chi connectivity index (χ2v) is 12.7. The Balaban J connectivity index is 1.55. The van der Waals surface area contributed by atoms with Crippen molar-refractivity contribution in [3.63, 3.8) is 0 Å². The number of carbonyl (C=O) groups excluding carboxylic acids is 2. The van der Waals surface area contributed by atoms with E-state index in [1.807, 2.05) is 0 Å². The second-order valence-electron chi connectivity index (χ2n) is 12.7. The van der Waals surface area contributed by atoms with E-state index in [1.165, 1.54) is 26.2 Å². The number of hydrogen-bond acceptors (Lipinski definition) is 5. The second kappa shape index (κ2) is 8.29. The molecule has 4 saturated carbocycles. The molecular formula is C27H44O5. The molecular weight excluding hydrogens is 404 g/mol. The third-order valence-electron chi connectivity index (χ3n) is 10.3. The largest absolute Gasteiger partial charge is 0.465 e. The number of ether oxygens (including phenoxy) is 2. The van der Waals surface area contributed by atoms with Crippen LogP contribution in [-0.4, -0.2) is 35.9 Å². The molecule has 2 bridgehead atoms. The van der Waals surface area contributed by atoms with E-state index in [0.717, 1.165) is 38.5 Å². The predicted octanol–water partition coefficient (Wildman–Crippen LogP) is 5.28. The predicted molar refractivity (Wildman–Crippen MR) is 123 cm³/mol. The highest BCUT2D eigenvalue weighted by Crippen LogP contribution is 2.75. The van der Waals surface area contributed by atoms with Crippen LogP contribution in [0.3, 0.4) is 0 Å². The van der Waals surface area contributed by atoms with Crippen LogP contribution in [0.25, 0.3) is 0 Å². The molecule has 5 nitrogen and oxygen atoms in total. The number of carbonyl (C=O) groups is 2. The summed E-state index contributed by atoms with van der Waals surface area (Å²) in [5.74, 6) is 1.20. The van der Waals surface area contributed by atoms with Crippen LogP contribution in [0.2, 0.25) is 0 Å². The molecule has 0 unspecified atom stereocenters. The average molecular weight is 449 g/mol.